The van der Waals surface area contributed by atoms with E-state index in [1.165, 1.54) is 6.08 Å². The minimum Gasteiger partial charge on any atom is -0.299 e. The zero-order valence-electron chi connectivity index (χ0n) is 4.35. The van der Waals surface area contributed by atoms with Crippen LogP contribution in [0.5, 0.6) is 0 Å². The molecule has 0 aromatic rings. The molecule has 1 heteroatoms. The van der Waals surface area contributed by atoms with Gasteiger partial charge in [0.05, 0.1) is 0 Å². The van der Waals surface area contributed by atoms with Crippen LogP contribution in [0.4, 0.5) is 0 Å². The molecule has 0 aliphatic heterocycles. The summed E-state index contributed by atoms with van der Waals surface area (Å²) in [4.78, 5) is 9.65. The number of carbonyl (C=O) groups excluding carboxylic acids is 1. The number of aldehydes is 1. The average Bonchev–Trinajstić information content (AvgIpc) is 1.68. The summed E-state index contributed by atoms with van der Waals surface area (Å²) in [6.45, 7) is 5.27. The Hall–Kier alpha value is -0.850. The number of rotatable bonds is 2. The third-order valence-corrected chi connectivity index (χ3v) is 0.653. The number of hydrogen-bond acceptors (Lipinski definition) is 1. The largest absolute Gasteiger partial charge is 0.299 e. The van der Waals surface area contributed by atoms with Gasteiger partial charge in [0.25, 0.3) is 0 Å². The van der Waals surface area contributed by atoms with E-state index in [9.17, 15) is 4.79 Å². The molecule has 0 heterocycles. The molecule has 0 saturated heterocycles. The Morgan fingerprint density at radius 2 is 2.29 bits per heavy atom. The summed E-state index contributed by atoms with van der Waals surface area (Å²) in [5.41, 5.74) is 0.898. The fraction of sp³-hybridized carbons (Fsp3) is 0.167. The van der Waals surface area contributed by atoms with Gasteiger partial charge in [0, 0.05) is 0 Å². The van der Waals surface area contributed by atoms with Crippen LogP contribution in [0.1, 0.15) is 6.92 Å². The molecule has 0 N–H and O–H groups in total. The average molecular weight is 96.1 g/mol. The van der Waals surface area contributed by atoms with Crippen LogP contribution in [0.25, 0.3) is 0 Å². The molecule has 38 valence electrons. The topological polar surface area (TPSA) is 17.1 Å². The van der Waals surface area contributed by atoms with Gasteiger partial charge in [-0.2, -0.15) is 0 Å². The first-order valence-electron chi connectivity index (χ1n) is 2.05. The van der Waals surface area contributed by atoms with Gasteiger partial charge in [-0.3, -0.25) is 4.79 Å². The smallest absolute Gasteiger partial charge is 0.143 e. The van der Waals surface area contributed by atoms with Crippen LogP contribution in [0, 0.1) is 0 Å². The normalized spacial score (nSPS) is 10.7. The molecule has 1 nitrogen and oxygen atoms in total. The van der Waals surface area contributed by atoms with Crippen LogP contribution in [-0.2, 0) is 4.79 Å². The third-order valence-electron chi connectivity index (χ3n) is 0.653. The van der Waals surface area contributed by atoms with Crippen LogP contribution in [0.15, 0.2) is 24.3 Å². The van der Waals surface area contributed by atoms with Crippen molar-refractivity contribution in [2.24, 2.45) is 0 Å². The molecule has 0 bridgehead atoms. The van der Waals surface area contributed by atoms with Crippen molar-refractivity contribution in [1.82, 2.24) is 0 Å². The van der Waals surface area contributed by atoms with Crippen LogP contribution >= 0.6 is 0 Å². The van der Waals surface area contributed by atoms with Crippen LogP contribution in [-0.4, -0.2) is 6.29 Å². The summed E-state index contributed by atoms with van der Waals surface area (Å²) in [7, 11) is 0. The molecule has 0 spiro atoms. The van der Waals surface area contributed by atoms with Crippen molar-refractivity contribution in [3.63, 3.8) is 0 Å². The number of allylic oxidation sites excluding steroid dienone is 3. The van der Waals surface area contributed by atoms with E-state index >= 15 is 0 Å². The van der Waals surface area contributed by atoms with E-state index in [0.717, 1.165) is 11.9 Å². The highest BCUT2D eigenvalue weighted by Crippen LogP contribution is 1.87. The maximum Gasteiger partial charge on any atom is 0.143 e. The van der Waals surface area contributed by atoms with E-state index in [1.54, 1.807) is 6.08 Å². The minimum absolute atomic E-state index is 0.747. The molecule has 0 fully saturated rings. The lowest BCUT2D eigenvalue weighted by molar-refractivity contribution is -0.104. The molecule has 7 heavy (non-hydrogen) atoms. The fourth-order valence-corrected chi connectivity index (χ4v) is 0.175. The van der Waals surface area contributed by atoms with Crippen molar-refractivity contribution in [1.29, 1.82) is 0 Å². The summed E-state index contributed by atoms with van der Waals surface area (Å²) in [6, 6.07) is 0. The van der Waals surface area contributed by atoms with Crippen molar-refractivity contribution < 1.29 is 4.79 Å². The van der Waals surface area contributed by atoms with Crippen molar-refractivity contribution >= 4 is 6.29 Å². The molecular formula is C6H8O. The van der Waals surface area contributed by atoms with Gasteiger partial charge in [-0.25, -0.2) is 0 Å². The van der Waals surface area contributed by atoms with Gasteiger partial charge >= 0.3 is 0 Å². The molecule has 0 unspecified atom stereocenters. The second-order valence-corrected chi connectivity index (χ2v) is 1.25. The third kappa shape index (κ3) is 2.97. The van der Waals surface area contributed by atoms with E-state index in [1.807, 2.05) is 6.92 Å². The summed E-state index contributed by atoms with van der Waals surface area (Å²) in [5, 5.41) is 0. The monoisotopic (exact) mass is 96.1 g/mol. The molecule has 0 rings (SSSR count). The van der Waals surface area contributed by atoms with Gasteiger partial charge in [0.2, 0.25) is 0 Å². The molecule has 0 saturated carbocycles. The summed E-state index contributed by atoms with van der Waals surface area (Å²) >= 11 is 0. The molecule has 0 aliphatic carbocycles. The van der Waals surface area contributed by atoms with Gasteiger partial charge in [-0.1, -0.05) is 12.7 Å². The Morgan fingerprint density at radius 3 is 2.43 bits per heavy atom. The predicted octanol–water partition coefficient (Wildman–Crippen LogP) is 1.32. The van der Waals surface area contributed by atoms with E-state index in [4.69, 9.17) is 0 Å². The van der Waals surface area contributed by atoms with E-state index in [2.05, 4.69) is 6.58 Å². The Morgan fingerprint density at radius 1 is 1.71 bits per heavy atom. The summed E-state index contributed by atoms with van der Waals surface area (Å²) in [6.07, 6.45) is 3.85. The lowest BCUT2D eigenvalue weighted by atomic mass is 10.3. The molecule has 0 atom stereocenters. The molecular weight excluding hydrogens is 88.1 g/mol. The minimum atomic E-state index is 0.747. The SMILES string of the molecule is C=C/C(C)=C\C=O. The highest BCUT2D eigenvalue weighted by Gasteiger charge is 1.71. The zero-order valence-corrected chi connectivity index (χ0v) is 4.35. The molecule has 0 aromatic heterocycles. The first kappa shape index (κ1) is 6.15. The Kier molecular flexibility index (Phi) is 2.94. The molecule has 0 radical (unpaired) electrons. The van der Waals surface area contributed by atoms with Crippen LogP contribution < -0.4 is 0 Å². The van der Waals surface area contributed by atoms with Gasteiger partial charge in [-0.15, -0.1) is 0 Å². The molecule has 0 aromatic carbocycles. The standard InChI is InChI=1S/C6H8O/c1-3-6(2)4-5-7/h3-5H,1H2,2H3/b6-4-. The number of hydrogen-bond donors (Lipinski definition) is 0. The first-order chi connectivity index (χ1) is 3.31. The maximum atomic E-state index is 9.65. The predicted molar refractivity (Wildman–Crippen MR) is 30.0 cm³/mol. The van der Waals surface area contributed by atoms with Gasteiger partial charge < -0.3 is 0 Å². The Balaban J connectivity index is 3.72. The van der Waals surface area contributed by atoms with Crippen molar-refractivity contribution in [2.45, 2.75) is 6.92 Å². The molecule has 0 amide bonds. The summed E-state index contributed by atoms with van der Waals surface area (Å²) < 4.78 is 0. The van der Waals surface area contributed by atoms with E-state index in [0.29, 0.717) is 0 Å². The highest BCUT2D eigenvalue weighted by molar-refractivity contribution is 5.66. The van der Waals surface area contributed by atoms with Crippen molar-refractivity contribution in [2.75, 3.05) is 0 Å². The quantitative estimate of drug-likeness (QED) is 0.288. The first-order valence-corrected chi connectivity index (χ1v) is 2.05. The lowest BCUT2D eigenvalue weighted by Gasteiger charge is -1.78. The van der Waals surface area contributed by atoms with E-state index < -0.39 is 0 Å². The zero-order chi connectivity index (χ0) is 5.70. The van der Waals surface area contributed by atoms with E-state index in [-0.39, 0.29) is 0 Å². The van der Waals surface area contributed by atoms with Gasteiger partial charge in [0.15, 0.2) is 0 Å². The number of carbonyl (C=O) groups is 1. The van der Waals surface area contributed by atoms with Crippen molar-refractivity contribution in [3.05, 3.63) is 24.3 Å². The van der Waals surface area contributed by atoms with Gasteiger partial charge in [0.1, 0.15) is 6.29 Å². The van der Waals surface area contributed by atoms with Crippen molar-refractivity contribution in [3.8, 4) is 0 Å². The highest BCUT2D eigenvalue weighted by atomic mass is 16.1. The molecule has 0 aliphatic rings. The Labute approximate surface area is 43.3 Å². The summed E-state index contributed by atoms with van der Waals surface area (Å²) in [5.74, 6) is 0. The maximum absolute atomic E-state index is 9.65. The van der Waals surface area contributed by atoms with Crippen LogP contribution in [0.3, 0.4) is 0 Å². The van der Waals surface area contributed by atoms with Crippen LogP contribution in [0.2, 0.25) is 0 Å². The lowest BCUT2D eigenvalue weighted by Crippen LogP contribution is -1.65. The second-order valence-electron chi connectivity index (χ2n) is 1.25. The fourth-order valence-electron chi connectivity index (χ4n) is 0.175. The van der Waals surface area contributed by atoms with Gasteiger partial charge in [-0.05, 0) is 18.6 Å². The second kappa shape index (κ2) is 3.34. The Bertz CT molecular complexity index is 101.